The molecule has 0 saturated heterocycles. The van der Waals surface area contributed by atoms with Crippen LogP contribution in [0.25, 0.3) is 11.0 Å². The molecule has 0 aliphatic rings. The average Bonchev–Trinajstić information content (AvgIpc) is 3.07. The topological polar surface area (TPSA) is 93.4 Å². The van der Waals surface area contributed by atoms with Gasteiger partial charge in [0.05, 0.1) is 33.5 Å². The van der Waals surface area contributed by atoms with Gasteiger partial charge >= 0.3 is 11.9 Å². The summed E-state index contributed by atoms with van der Waals surface area (Å²) in [6.07, 6.45) is 0. The minimum Gasteiger partial charge on any atom is -0.493 e. The number of hydrogen-bond acceptors (Lipinski definition) is 8. The normalized spacial score (nSPS) is 10.6. The predicted octanol–water partition coefficient (Wildman–Crippen LogP) is 4.16. The lowest BCUT2D eigenvalue weighted by Crippen LogP contribution is -2.10. The number of hydrogen-bond donors (Lipinski definition) is 0. The smallest absolute Gasteiger partial charge is 0.343 e. The van der Waals surface area contributed by atoms with Crippen molar-refractivity contribution < 1.29 is 37.7 Å². The van der Waals surface area contributed by atoms with Gasteiger partial charge in [0.2, 0.25) is 5.75 Å². The molecular formula is C22H22O8. The van der Waals surface area contributed by atoms with E-state index in [1.165, 1.54) is 33.5 Å². The van der Waals surface area contributed by atoms with Crippen molar-refractivity contribution in [3.63, 3.8) is 0 Å². The SMILES string of the molecule is CCOC(=O)c1c(C)oc2ccc(OC(=O)c3cc(OC)c(OC)c(OC)c3)cc12. The fourth-order valence-electron chi connectivity index (χ4n) is 3.08. The van der Waals surface area contributed by atoms with Gasteiger partial charge in [0.1, 0.15) is 22.7 Å². The monoisotopic (exact) mass is 414 g/mol. The van der Waals surface area contributed by atoms with E-state index in [0.717, 1.165) is 0 Å². The van der Waals surface area contributed by atoms with Crippen molar-refractivity contribution >= 4 is 22.9 Å². The molecule has 2 aromatic carbocycles. The van der Waals surface area contributed by atoms with Crippen LogP contribution in [0, 0.1) is 6.92 Å². The van der Waals surface area contributed by atoms with Gasteiger partial charge in [0, 0.05) is 5.39 Å². The predicted molar refractivity (Wildman–Crippen MR) is 108 cm³/mol. The fraction of sp³-hybridized carbons (Fsp3) is 0.273. The summed E-state index contributed by atoms with van der Waals surface area (Å²) in [5.74, 6) is 0.562. The van der Waals surface area contributed by atoms with E-state index in [0.29, 0.717) is 39.5 Å². The van der Waals surface area contributed by atoms with Crippen LogP contribution in [0.15, 0.2) is 34.7 Å². The summed E-state index contributed by atoms with van der Waals surface area (Å²) >= 11 is 0. The summed E-state index contributed by atoms with van der Waals surface area (Å²) in [5, 5.41) is 0.501. The molecule has 0 saturated carbocycles. The molecule has 1 heterocycles. The van der Waals surface area contributed by atoms with Crippen LogP contribution < -0.4 is 18.9 Å². The summed E-state index contributed by atoms with van der Waals surface area (Å²) in [7, 11) is 4.39. The molecule has 0 fully saturated rings. The molecule has 0 amide bonds. The van der Waals surface area contributed by atoms with Gasteiger partial charge in [-0.25, -0.2) is 9.59 Å². The van der Waals surface area contributed by atoms with Crippen LogP contribution in [0.5, 0.6) is 23.0 Å². The summed E-state index contributed by atoms with van der Waals surface area (Å²) in [5.41, 5.74) is 0.999. The Labute approximate surface area is 173 Å². The Kier molecular flexibility index (Phi) is 6.15. The number of benzene rings is 2. The van der Waals surface area contributed by atoms with E-state index in [1.807, 2.05) is 0 Å². The minimum absolute atomic E-state index is 0.207. The Morgan fingerprint density at radius 2 is 1.60 bits per heavy atom. The van der Waals surface area contributed by atoms with Crippen molar-refractivity contribution in [1.82, 2.24) is 0 Å². The van der Waals surface area contributed by atoms with E-state index in [1.54, 1.807) is 32.0 Å². The molecule has 0 unspecified atom stereocenters. The highest BCUT2D eigenvalue weighted by atomic mass is 16.5. The maximum absolute atomic E-state index is 12.7. The van der Waals surface area contributed by atoms with Crippen LogP contribution in [0.1, 0.15) is 33.4 Å². The number of ether oxygens (including phenoxy) is 5. The minimum atomic E-state index is -0.633. The maximum atomic E-state index is 12.7. The highest BCUT2D eigenvalue weighted by Crippen LogP contribution is 2.38. The summed E-state index contributed by atoms with van der Waals surface area (Å²) in [6, 6.07) is 7.76. The van der Waals surface area contributed by atoms with E-state index >= 15 is 0 Å². The number of methoxy groups -OCH3 is 3. The van der Waals surface area contributed by atoms with Crippen molar-refractivity contribution in [2.75, 3.05) is 27.9 Å². The van der Waals surface area contributed by atoms with Gasteiger partial charge < -0.3 is 28.1 Å². The highest BCUT2D eigenvalue weighted by molar-refractivity contribution is 6.05. The van der Waals surface area contributed by atoms with Gasteiger partial charge in [0.15, 0.2) is 11.5 Å². The molecule has 30 heavy (non-hydrogen) atoms. The second kappa shape index (κ2) is 8.77. The van der Waals surface area contributed by atoms with Gasteiger partial charge in [-0.15, -0.1) is 0 Å². The summed E-state index contributed by atoms with van der Waals surface area (Å²) < 4.78 is 32.0. The highest BCUT2D eigenvalue weighted by Gasteiger charge is 2.22. The Bertz CT molecular complexity index is 1070. The Morgan fingerprint density at radius 1 is 0.933 bits per heavy atom. The van der Waals surface area contributed by atoms with Crippen LogP contribution in [-0.2, 0) is 4.74 Å². The lowest BCUT2D eigenvalue weighted by molar-refractivity contribution is 0.0526. The Morgan fingerprint density at radius 3 is 2.17 bits per heavy atom. The quantitative estimate of drug-likeness (QED) is 0.420. The van der Waals surface area contributed by atoms with Gasteiger partial charge in [0.25, 0.3) is 0 Å². The first-order valence-electron chi connectivity index (χ1n) is 9.15. The number of esters is 2. The molecule has 8 nitrogen and oxygen atoms in total. The van der Waals surface area contributed by atoms with Crippen LogP contribution in [0.4, 0.5) is 0 Å². The molecule has 0 aliphatic carbocycles. The number of rotatable bonds is 7. The zero-order chi connectivity index (χ0) is 21.8. The number of fused-ring (bicyclic) bond motifs is 1. The molecule has 3 aromatic rings. The second-order valence-corrected chi connectivity index (χ2v) is 6.22. The number of furan rings is 1. The summed E-state index contributed by atoms with van der Waals surface area (Å²) in [6.45, 7) is 3.63. The van der Waals surface area contributed by atoms with Crippen LogP contribution in [-0.4, -0.2) is 39.9 Å². The fourth-order valence-corrected chi connectivity index (χ4v) is 3.08. The van der Waals surface area contributed by atoms with E-state index in [-0.39, 0.29) is 17.9 Å². The molecule has 0 radical (unpaired) electrons. The first kappa shape index (κ1) is 21.0. The Balaban J connectivity index is 1.95. The third kappa shape index (κ3) is 3.89. The molecule has 8 heteroatoms. The molecule has 3 rings (SSSR count). The largest absolute Gasteiger partial charge is 0.493 e. The second-order valence-electron chi connectivity index (χ2n) is 6.22. The molecule has 0 N–H and O–H groups in total. The number of aryl methyl sites for hydroxylation is 1. The molecular weight excluding hydrogens is 392 g/mol. The van der Waals surface area contributed by atoms with Gasteiger partial charge in [-0.1, -0.05) is 0 Å². The lowest BCUT2D eigenvalue weighted by Gasteiger charge is -2.13. The molecule has 1 aromatic heterocycles. The maximum Gasteiger partial charge on any atom is 0.343 e. The van der Waals surface area contributed by atoms with E-state index in [4.69, 9.17) is 28.1 Å². The molecule has 158 valence electrons. The number of carbonyl (C=O) groups is 2. The average molecular weight is 414 g/mol. The zero-order valence-electron chi connectivity index (χ0n) is 17.4. The summed E-state index contributed by atoms with van der Waals surface area (Å²) in [4.78, 5) is 25.0. The van der Waals surface area contributed by atoms with Gasteiger partial charge in [-0.2, -0.15) is 0 Å². The zero-order valence-corrected chi connectivity index (χ0v) is 17.4. The van der Waals surface area contributed by atoms with Crippen LogP contribution in [0.3, 0.4) is 0 Å². The van der Waals surface area contributed by atoms with Crippen LogP contribution in [0.2, 0.25) is 0 Å². The van der Waals surface area contributed by atoms with E-state index in [9.17, 15) is 9.59 Å². The van der Waals surface area contributed by atoms with Crippen molar-refractivity contribution in [3.05, 3.63) is 47.2 Å². The van der Waals surface area contributed by atoms with Crippen molar-refractivity contribution in [2.45, 2.75) is 13.8 Å². The first-order valence-corrected chi connectivity index (χ1v) is 9.15. The third-order valence-corrected chi connectivity index (χ3v) is 4.43. The molecule has 0 spiro atoms. The van der Waals surface area contributed by atoms with E-state index < -0.39 is 11.9 Å². The lowest BCUT2D eigenvalue weighted by atomic mass is 10.1. The number of carbonyl (C=O) groups excluding carboxylic acids is 2. The molecule has 0 bridgehead atoms. The van der Waals surface area contributed by atoms with Gasteiger partial charge in [-0.05, 0) is 44.2 Å². The van der Waals surface area contributed by atoms with Crippen LogP contribution >= 0.6 is 0 Å². The van der Waals surface area contributed by atoms with Crippen molar-refractivity contribution in [3.8, 4) is 23.0 Å². The van der Waals surface area contributed by atoms with Crippen molar-refractivity contribution in [2.24, 2.45) is 0 Å². The first-order chi connectivity index (χ1) is 14.4. The van der Waals surface area contributed by atoms with Crippen molar-refractivity contribution in [1.29, 1.82) is 0 Å². The van der Waals surface area contributed by atoms with E-state index in [2.05, 4.69) is 0 Å². The molecule has 0 atom stereocenters. The standard InChI is InChI=1S/C22H22O8/c1-6-28-22(24)19-12(2)29-16-8-7-14(11-15(16)19)30-21(23)13-9-17(25-3)20(27-5)18(10-13)26-4/h7-11H,6H2,1-5H3. The Hall–Kier alpha value is -3.68. The third-order valence-electron chi connectivity index (χ3n) is 4.43. The van der Waals surface area contributed by atoms with Gasteiger partial charge in [-0.3, -0.25) is 0 Å². The molecule has 0 aliphatic heterocycles.